The second-order valence-corrected chi connectivity index (χ2v) is 7.54. The van der Waals surface area contributed by atoms with Gasteiger partial charge in [0, 0.05) is 6.61 Å². The Kier molecular flexibility index (Phi) is 22.4. The number of unbranched alkanes of at least 4 members (excludes halogenated alkanes) is 8. The van der Waals surface area contributed by atoms with Crippen LogP contribution in [0.1, 0.15) is 64.7 Å². The molecule has 0 rings (SSSR count). The molecule has 0 amide bonds. The van der Waals surface area contributed by atoms with E-state index in [1.165, 1.54) is 44.9 Å². The summed E-state index contributed by atoms with van der Waals surface area (Å²) in [6.07, 6.45) is 12.2. The minimum atomic E-state index is -4.41. The average molecular weight is 403 g/mol. The molecule has 0 fully saturated rings. The van der Waals surface area contributed by atoms with Gasteiger partial charge >= 0.3 is 29.6 Å². The van der Waals surface area contributed by atoms with Gasteiger partial charge in [-0.05, 0) is 6.42 Å². The maximum atomic E-state index is 10.6. The van der Waals surface area contributed by atoms with E-state index < -0.39 is 22.2 Å². The van der Waals surface area contributed by atoms with Crippen LogP contribution in [0.25, 0.3) is 0 Å². The van der Waals surface area contributed by atoms with Crippen molar-refractivity contribution >= 4 is 10.1 Å². The van der Waals surface area contributed by atoms with Crippen molar-refractivity contribution in [1.82, 2.24) is 0 Å². The molecular weight excluding hydrogens is 367 g/mol. The van der Waals surface area contributed by atoms with Crippen molar-refractivity contribution < 1.29 is 56.7 Å². The molecule has 0 aliphatic heterocycles. The van der Waals surface area contributed by atoms with Gasteiger partial charge in [0.05, 0.1) is 19.8 Å². The van der Waals surface area contributed by atoms with E-state index in [0.717, 1.165) is 12.8 Å². The minimum absolute atomic E-state index is 0. The van der Waals surface area contributed by atoms with Crippen LogP contribution in [0.4, 0.5) is 0 Å². The van der Waals surface area contributed by atoms with Crippen LogP contribution in [0.3, 0.4) is 0 Å². The Morgan fingerprint density at radius 3 is 2.04 bits per heavy atom. The van der Waals surface area contributed by atoms with Crippen molar-refractivity contribution in [2.45, 2.75) is 70.8 Å². The molecule has 0 N–H and O–H groups in total. The molecule has 0 aromatic carbocycles. The van der Waals surface area contributed by atoms with Gasteiger partial charge in [0.15, 0.2) is 0 Å². The fraction of sp³-hybridized carbons (Fsp3) is 0.889. The van der Waals surface area contributed by atoms with Gasteiger partial charge in [0.25, 0.3) is 0 Å². The first-order valence-electron chi connectivity index (χ1n) is 9.31. The van der Waals surface area contributed by atoms with Crippen molar-refractivity contribution in [3.8, 4) is 0 Å². The molecule has 0 aliphatic carbocycles. The second kappa shape index (κ2) is 20.3. The Bertz CT molecular complexity index is 402. The van der Waals surface area contributed by atoms with Crippen LogP contribution < -0.4 is 29.6 Å². The Balaban J connectivity index is 0. The molecule has 6 nitrogen and oxygen atoms in total. The molecule has 0 aliphatic rings. The zero-order valence-corrected chi connectivity index (χ0v) is 19.4. The summed E-state index contributed by atoms with van der Waals surface area (Å²) >= 11 is 0. The Morgan fingerprint density at radius 1 is 0.962 bits per heavy atom. The zero-order valence-electron chi connectivity index (χ0n) is 16.6. The van der Waals surface area contributed by atoms with Crippen LogP contribution in [-0.4, -0.2) is 51.4 Å². The maximum absolute atomic E-state index is 10.6. The molecule has 0 spiro atoms. The third-order valence-electron chi connectivity index (χ3n) is 3.68. The summed E-state index contributed by atoms with van der Waals surface area (Å²) in [7, 11) is -4.41. The molecule has 0 heterocycles. The molecule has 150 valence electrons. The molecule has 1 atom stereocenters. The molecular formula is C18H35NaO6S. The van der Waals surface area contributed by atoms with Crippen molar-refractivity contribution in [2.24, 2.45) is 0 Å². The monoisotopic (exact) mass is 402 g/mol. The first kappa shape index (κ1) is 28.7. The minimum Gasteiger partial charge on any atom is -0.746 e. The summed E-state index contributed by atoms with van der Waals surface area (Å²) in [6, 6.07) is 0. The van der Waals surface area contributed by atoms with E-state index in [-0.39, 0.29) is 42.8 Å². The molecule has 8 heteroatoms. The maximum Gasteiger partial charge on any atom is 1.00 e. The summed E-state index contributed by atoms with van der Waals surface area (Å²) in [5.41, 5.74) is 0. The molecule has 0 bridgehead atoms. The molecule has 0 aromatic heterocycles. The van der Waals surface area contributed by atoms with E-state index >= 15 is 0 Å². The second-order valence-electron chi connectivity index (χ2n) is 6.19. The van der Waals surface area contributed by atoms with Gasteiger partial charge < -0.3 is 18.8 Å². The van der Waals surface area contributed by atoms with Gasteiger partial charge in [-0.25, -0.2) is 8.42 Å². The van der Waals surface area contributed by atoms with Gasteiger partial charge in [-0.3, -0.25) is 0 Å². The van der Waals surface area contributed by atoms with E-state index in [1.807, 2.05) is 0 Å². The van der Waals surface area contributed by atoms with Crippen LogP contribution >= 0.6 is 0 Å². The molecule has 0 saturated carbocycles. The molecule has 0 saturated heterocycles. The van der Waals surface area contributed by atoms with Gasteiger partial charge in [0.1, 0.15) is 22.2 Å². The normalized spacial score (nSPS) is 12.5. The fourth-order valence-electron chi connectivity index (χ4n) is 2.34. The fourth-order valence-corrected chi connectivity index (χ4v) is 2.70. The number of rotatable bonds is 19. The predicted octanol–water partition coefficient (Wildman–Crippen LogP) is 0.628. The Hall–Kier alpha value is 0.530. The van der Waals surface area contributed by atoms with Gasteiger partial charge in [0.2, 0.25) is 0 Å². The third-order valence-corrected chi connectivity index (χ3v) is 4.11. The average Bonchev–Trinajstić information content (AvgIpc) is 2.56. The topological polar surface area (TPSA) is 84.9 Å². The SMILES string of the molecule is C=CCOCC(COCCCCCCCCCCC)OCS(=O)(=O)[O-].[Na+]. The molecule has 26 heavy (non-hydrogen) atoms. The van der Waals surface area contributed by atoms with Gasteiger partial charge in [-0.2, -0.15) is 0 Å². The summed E-state index contributed by atoms with van der Waals surface area (Å²) in [4.78, 5) is 0. The van der Waals surface area contributed by atoms with Crippen molar-refractivity contribution in [2.75, 3.05) is 32.4 Å². The van der Waals surface area contributed by atoms with E-state index in [4.69, 9.17) is 14.2 Å². The largest absolute Gasteiger partial charge is 1.00 e. The Labute approximate surface area is 182 Å². The van der Waals surface area contributed by atoms with Gasteiger partial charge in [-0.1, -0.05) is 64.4 Å². The molecule has 0 aromatic rings. The van der Waals surface area contributed by atoms with Crippen LogP contribution in [-0.2, 0) is 24.3 Å². The van der Waals surface area contributed by atoms with Crippen LogP contribution in [0.2, 0.25) is 0 Å². The van der Waals surface area contributed by atoms with Crippen LogP contribution in [0.5, 0.6) is 0 Å². The summed E-state index contributed by atoms with van der Waals surface area (Å²) in [6.45, 7) is 7.07. The molecule has 1 unspecified atom stereocenters. The number of ether oxygens (including phenoxy) is 3. The predicted molar refractivity (Wildman–Crippen MR) is 98.5 cm³/mol. The van der Waals surface area contributed by atoms with Crippen molar-refractivity contribution in [1.29, 1.82) is 0 Å². The third kappa shape index (κ3) is 22.6. The van der Waals surface area contributed by atoms with E-state index in [2.05, 4.69) is 13.5 Å². The summed E-state index contributed by atoms with van der Waals surface area (Å²) in [5, 5.41) is 0. The van der Waals surface area contributed by atoms with Crippen molar-refractivity contribution in [3.63, 3.8) is 0 Å². The van der Waals surface area contributed by atoms with Crippen LogP contribution in [0, 0.1) is 0 Å². The zero-order chi connectivity index (χ0) is 18.8. The Morgan fingerprint density at radius 2 is 1.50 bits per heavy atom. The number of hydrogen-bond donors (Lipinski definition) is 0. The first-order chi connectivity index (χ1) is 12.0. The summed E-state index contributed by atoms with van der Waals surface area (Å²) in [5.74, 6) is -0.865. The number of hydrogen-bond acceptors (Lipinski definition) is 6. The van der Waals surface area contributed by atoms with Crippen molar-refractivity contribution in [3.05, 3.63) is 12.7 Å². The van der Waals surface area contributed by atoms with Gasteiger partial charge in [-0.15, -0.1) is 6.58 Å². The summed E-state index contributed by atoms with van der Waals surface area (Å²) < 4.78 is 47.8. The smallest absolute Gasteiger partial charge is 0.746 e. The van der Waals surface area contributed by atoms with E-state index in [9.17, 15) is 13.0 Å². The quantitative estimate of drug-likeness (QED) is 0.136. The standard InChI is InChI=1S/C18H36O6S.Na/c1-3-5-6-7-8-9-10-11-12-14-23-16-18(15-22-13-4-2)24-17-25(19,20)21;/h4,18H,2-3,5-17H2,1H3,(H,19,20,21);/q;+1/p-1. The first-order valence-corrected chi connectivity index (χ1v) is 10.9. The van der Waals surface area contributed by atoms with Crippen LogP contribution in [0.15, 0.2) is 12.7 Å². The van der Waals surface area contributed by atoms with E-state index in [0.29, 0.717) is 13.2 Å². The molecule has 0 radical (unpaired) electrons. The van der Waals surface area contributed by atoms with E-state index in [1.54, 1.807) is 6.08 Å².